The maximum Gasteiger partial charge on any atom is 0.335 e. The van der Waals surface area contributed by atoms with Gasteiger partial charge in [-0.15, -0.1) is 0 Å². The van der Waals surface area contributed by atoms with E-state index in [1.54, 1.807) is 24.3 Å². The monoisotopic (exact) mass is 263 g/mol. The van der Waals surface area contributed by atoms with Crippen LogP contribution in [0.15, 0.2) is 24.3 Å². The van der Waals surface area contributed by atoms with Crippen LogP contribution in [0.3, 0.4) is 0 Å². The van der Waals surface area contributed by atoms with E-state index in [2.05, 4.69) is 11.8 Å². The number of aromatic carboxylic acids is 1. The number of hydrogen-bond acceptors (Lipinski definition) is 3. The first-order chi connectivity index (χ1) is 9.20. The number of nitrogens with zero attached hydrogens (tertiary/aromatic N) is 1. The van der Waals surface area contributed by atoms with E-state index in [1.165, 1.54) is 19.3 Å². The molecule has 1 aromatic rings. The molecule has 1 heterocycles. The van der Waals surface area contributed by atoms with Crippen molar-refractivity contribution in [2.45, 2.75) is 38.6 Å². The molecule has 104 valence electrons. The molecule has 1 atom stereocenters. The third-order valence-electron chi connectivity index (χ3n) is 3.72. The first-order valence-corrected chi connectivity index (χ1v) is 6.91. The zero-order valence-electron chi connectivity index (χ0n) is 11.3. The minimum atomic E-state index is -0.909. The Kier molecular flexibility index (Phi) is 4.80. The van der Waals surface area contributed by atoms with Crippen molar-refractivity contribution in [1.29, 1.82) is 0 Å². The summed E-state index contributed by atoms with van der Waals surface area (Å²) < 4.78 is 5.75. The predicted molar refractivity (Wildman–Crippen MR) is 73.5 cm³/mol. The quantitative estimate of drug-likeness (QED) is 0.887. The third-order valence-corrected chi connectivity index (χ3v) is 3.72. The fourth-order valence-electron chi connectivity index (χ4n) is 2.54. The second-order valence-corrected chi connectivity index (χ2v) is 4.97. The van der Waals surface area contributed by atoms with Gasteiger partial charge in [0, 0.05) is 12.6 Å². The summed E-state index contributed by atoms with van der Waals surface area (Å²) in [4.78, 5) is 13.1. The van der Waals surface area contributed by atoms with Crippen LogP contribution >= 0.6 is 0 Å². The van der Waals surface area contributed by atoms with Gasteiger partial charge in [-0.25, -0.2) is 4.79 Å². The molecule has 4 nitrogen and oxygen atoms in total. The molecule has 0 saturated carbocycles. The Balaban J connectivity index is 1.88. The van der Waals surface area contributed by atoms with Crippen LogP contribution in [0.2, 0.25) is 0 Å². The Hall–Kier alpha value is -1.55. The van der Waals surface area contributed by atoms with Gasteiger partial charge in [-0.1, -0.05) is 13.3 Å². The Morgan fingerprint density at radius 3 is 2.74 bits per heavy atom. The molecular formula is C15H21NO3. The minimum Gasteiger partial charge on any atom is -0.478 e. The summed E-state index contributed by atoms with van der Waals surface area (Å²) in [6.45, 7) is 3.89. The lowest BCUT2D eigenvalue weighted by atomic mass is 10.0. The fraction of sp³-hybridized carbons (Fsp3) is 0.533. The molecule has 1 fully saturated rings. The second kappa shape index (κ2) is 6.57. The van der Waals surface area contributed by atoms with Crippen molar-refractivity contribution in [2.24, 2.45) is 0 Å². The minimum absolute atomic E-state index is 0.289. The highest BCUT2D eigenvalue weighted by atomic mass is 16.5. The van der Waals surface area contributed by atoms with Gasteiger partial charge in [0.2, 0.25) is 0 Å². The lowest BCUT2D eigenvalue weighted by Crippen LogP contribution is -2.41. The van der Waals surface area contributed by atoms with Crippen molar-refractivity contribution in [3.63, 3.8) is 0 Å². The maximum atomic E-state index is 10.8. The molecule has 1 aliphatic heterocycles. The lowest BCUT2D eigenvalue weighted by Gasteiger charge is -2.34. The number of likely N-dealkylation sites (tertiary alicyclic amines) is 1. The molecule has 1 aliphatic rings. The number of benzene rings is 1. The van der Waals surface area contributed by atoms with E-state index < -0.39 is 5.97 Å². The summed E-state index contributed by atoms with van der Waals surface area (Å²) in [5.74, 6) is -0.181. The molecule has 4 heteroatoms. The van der Waals surface area contributed by atoms with Crippen LogP contribution in [0.4, 0.5) is 0 Å². The topological polar surface area (TPSA) is 49.8 Å². The number of hydrogen-bond donors (Lipinski definition) is 1. The lowest BCUT2D eigenvalue weighted by molar-refractivity contribution is 0.0563. The number of rotatable bonds is 5. The van der Waals surface area contributed by atoms with E-state index in [0.717, 1.165) is 18.7 Å². The van der Waals surface area contributed by atoms with Crippen molar-refractivity contribution in [1.82, 2.24) is 4.90 Å². The molecule has 2 rings (SSSR count). The van der Waals surface area contributed by atoms with Crippen LogP contribution in [-0.4, -0.2) is 35.3 Å². The average molecular weight is 263 g/mol. The van der Waals surface area contributed by atoms with Gasteiger partial charge < -0.3 is 9.84 Å². The molecule has 1 saturated heterocycles. The molecular weight excluding hydrogens is 242 g/mol. The Morgan fingerprint density at radius 2 is 2.11 bits per heavy atom. The predicted octanol–water partition coefficient (Wildman–Crippen LogP) is 2.99. The summed E-state index contributed by atoms with van der Waals surface area (Å²) in [6, 6.07) is 7.20. The zero-order chi connectivity index (χ0) is 13.7. The van der Waals surface area contributed by atoms with Gasteiger partial charge in [0.15, 0.2) is 0 Å². The Labute approximate surface area is 114 Å². The Morgan fingerprint density at radius 1 is 1.37 bits per heavy atom. The van der Waals surface area contributed by atoms with Crippen LogP contribution < -0.4 is 4.74 Å². The van der Waals surface area contributed by atoms with E-state index in [9.17, 15) is 4.79 Å². The molecule has 1 N–H and O–H groups in total. The summed E-state index contributed by atoms with van der Waals surface area (Å²) in [5.41, 5.74) is 0.289. The number of piperidine rings is 1. The largest absolute Gasteiger partial charge is 0.478 e. The van der Waals surface area contributed by atoms with Gasteiger partial charge in [-0.05, 0) is 43.5 Å². The smallest absolute Gasteiger partial charge is 0.335 e. The molecule has 0 amide bonds. The number of carboxylic acid groups (broad SMARTS) is 1. The van der Waals surface area contributed by atoms with Crippen molar-refractivity contribution >= 4 is 5.97 Å². The van der Waals surface area contributed by atoms with Crippen LogP contribution in [0.5, 0.6) is 5.75 Å². The van der Waals surface area contributed by atoms with Crippen LogP contribution in [0.25, 0.3) is 0 Å². The van der Waals surface area contributed by atoms with Gasteiger partial charge in [0.25, 0.3) is 0 Å². The molecule has 19 heavy (non-hydrogen) atoms. The summed E-state index contributed by atoms with van der Waals surface area (Å²) in [5, 5.41) is 8.83. The van der Waals surface area contributed by atoms with Gasteiger partial charge in [-0.2, -0.15) is 0 Å². The van der Waals surface area contributed by atoms with Crippen molar-refractivity contribution in [2.75, 3.05) is 13.3 Å². The molecule has 0 aromatic heterocycles. The average Bonchev–Trinajstić information content (AvgIpc) is 2.45. The van der Waals surface area contributed by atoms with Gasteiger partial charge in [0.05, 0.1) is 5.56 Å². The zero-order valence-corrected chi connectivity index (χ0v) is 11.3. The van der Waals surface area contributed by atoms with E-state index in [4.69, 9.17) is 9.84 Å². The van der Waals surface area contributed by atoms with E-state index >= 15 is 0 Å². The highest BCUT2D eigenvalue weighted by molar-refractivity contribution is 5.87. The van der Waals surface area contributed by atoms with Crippen molar-refractivity contribution < 1.29 is 14.6 Å². The molecule has 0 bridgehead atoms. The molecule has 1 aromatic carbocycles. The standard InChI is InChI=1S/C15H21NO3/c1-2-13-5-3-4-10-16(13)11-19-14-8-6-12(7-9-14)15(17)18/h6-9,13H,2-5,10-11H2,1H3,(H,17,18). The van der Waals surface area contributed by atoms with Gasteiger partial charge in [0.1, 0.15) is 12.5 Å². The van der Waals surface area contributed by atoms with E-state index in [0.29, 0.717) is 12.8 Å². The number of carboxylic acids is 1. The van der Waals surface area contributed by atoms with Crippen molar-refractivity contribution in [3.8, 4) is 5.75 Å². The summed E-state index contributed by atoms with van der Waals surface area (Å²) >= 11 is 0. The van der Waals surface area contributed by atoms with Crippen LogP contribution in [-0.2, 0) is 0 Å². The highest BCUT2D eigenvalue weighted by Crippen LogP contribution is 2.20. The molecule has 0 spiro atoms. The second-order valence-electron chi connectivity index (χ2n) is 4.97. The Bertz CT molecular complexity index is 416. The van der Waals surface area contributed by atoms with E-state index in [1.807, 2.05) is 0 Å². The van der Waals surface area contributed by atoms with Crippen LogP contribution in [0.1, 0.15) is 43.0 Å². The maximum absolute atomic E-state index is 10.8. The van der Waals surface area contributed by atoms with Gasteiger partial charge in [-0.3, -0.25) is 4.90 Å². The SMILES string of the molecule is CCC1CCCCN1COc1ccc(C(=O)O)cc1. The van der Waals surface area contributed by atoms with Crippen LogP contribution in [0, 0.1) is 0 Å². The highest BCUT2D eigenvalue weighted by Gasteiger charge is 2.20. The number of ether oxygens (including phenoxy) is 1. The van der Waals surface area contributed by atoms with Gasteiger partial charge >= 0.3 is 5.97 Å². The molecule has 0 radical (unpaired) electrons. The van der Waals surface area contributed by atoms with E-state index in [-0.39, 0.29) is 5.56 Å². The first-order valence-electron chi connectivity index (χ1n) is 6.91. The first kappa shape index (κ1) is 13.9. The summed E-state index contributed by atoms with van der Waals surface area (Å²) in [6.07, 6.45) is 4.94. The third kappa shape index (κ3) is 3.70. The molecule has 1 unspecified atom stereocenters. The normalized spacial score (nSPS) is 20.2. The number of carbonyl (C=O) groups is 1. The molecule has 0 aliphatic carbocycles. The summed E-state index contributed by atoms with van der Waals surface area (Å²) in [7, 11) is 0. The fourth-order valence-corrected chi connectivity index (χ4v) is 2.54. The van der Waals surface area contributed by atoms with Crippen molar-refractivity contribution in [3.05, 3.63) is 29.8 Å².